The molecule has 0 bridgehead atoms. The van der Waals surface area contributed by atoms with E-state index in [9.17, 15) is 13.2 Å². The molecule has 2 N–H and O–H groups in total. The minimum absolute atomic E-state index is 0.0391. The smallest absolute Gasteiger partial charge is 0.419 e. The minimum atomic E-state index is -4.60. The fourth-order valence-electron chi connectivity index (χ4n) is 2.38. The molecule has 2 heterocycles. The number of ether oxygens (including phenoxy) is 1. The summed E-state index contributed by atoms with van der Waals surface area (Å²) in [6.07, 6.45) is -2.91. The van der Waals surface area contributed by atoms with E-state index in [-0.39, 0.29) is 40.6 Å². The van der Waals surface area contributed by atoms with Crippen molar-refractivity contribution in [1.29, 1.82) is 0 Å². The number of benzene rings is 1. The van der Waals surface area contributed by atoms with Gasteiger partial charge in [0.15, 0.2) is 11.5 Å². The Morgan fingerprint density at radius 1 is 1.25 bits per heavy atom. The summed E-state index contributed by atoms with van der Waals surface area (Å²) in [5.41, 5.74) is 5.73. The number of nitrogens with zero attached hydrogens (tertiary/aromatic N) is 4. The number of hydrogen-bond acceptors (Lipinski definition) is 7. The third kappa shape index (κ3) is 4.05. The van der Waals surface area contributed by atoms with Gasteiger partial charge in [-0.3, -0.25) is 0 Å². The van der Waals surface area contributed by atoms with Crippen molar-refractivity contribution in [3.63, 3.8) is 0 Å². The summed E-state index contributed by atoms with van der Waals surface area (Å²) in [4.78, 5) is 12.3. The summed E-state index contributed by atoms with van der Waals surface area (Å²) < 4.78 is 51.0. The lowest BCUT2D eigenvalue weighted by atomic mass is 10.1. The highest BCUT2D eigenvalue weighted by molar-refractivity contribution is 5.66. The van der Waals surface area contributed by atoms with E-state index in [2.05, 4.69) is 20.1 Å². The minimum Gasteiger partial charge on any atom is -0.490 e. The molecule has 0 spiro atoms. The summed E-state index contributed by atoms with van der Waals surface area (Å²) in [7, 11) is 0. The fourth-order valence-corrected chi connectivity index (χ4v) is 2.38. The van der Waals surface area contributed by atoms with Gasteiger partial charge in [0.25, 0.3) is 5.89 Å². The second kappa shape index (κ2) is 7.45. The van der Waals surface area contributed by atoms with Crippen molar-refractivity contribution in [2.75, 3.05) is 5.73 Å². The van der Waals surface area contributed by atoms with Crippen LogP contribution in [0.5, 0.6) is 5.75 Å². The van der Waals surface area contributed by atoms with Crippen molar-refractivity contribution in [2.45, 2.75) is 39.5 Å². The summed E-state index contributed by atoms with van der Waals surface area (Å²) in [6.45, 7) is 5.24. The second-order valence-electron chi connectivity index (χ2n) is 6.21. The van der Waals surface area contributed by atoms with Gasteiger partial charge in [0.1, 0.15) is 5.75 Å². The molecule has 0 radical (unpaired) electrons. The summed E-state index contributed by atoms with van der Waals surface area (Å²) >= 11 is 0. The quantitative estimate of drug-likeness (QED) is 0.690. The number of hydrogen-bond donors (Lipinski definition) is 1. The molecule has 0 aliphatic rings. The molecule has 1 aromatic carbocycles. The Kier molecular flexibility index (Phi) is 5.21. The maximum absolute atomic E-state index is 13.5. The normalized spacial score (nSPS) is 12.8. The molecular weight excluding hydrogens is 375 g/mol. The standard InChI is InChI=1S/C18H18F3N5O2/c1-4-10(3)27-13-6-5-11(7-12(13)18(19,20)21)17-25-16(26-28-17)14-15(22)23-8-9(2)24-14/h5-8,10H,4H2,1-3H3,(H2,22,23)/t10-/m0/s1. The first-order chi connectivity index (χ1) is 13.2. The zero-order valence-corrected chi connectivity index (χ0v) is 15.4. The van der Waals surface area contributed by atoms with Crippen molar-refractivity contribution < 1.29 is 22.4 Å². The number of nitrogen functional groups attached to an aromatic ring is 1. The van der Waals surface area contributed by atoms with E-state index in [1.165, 1.54) is 18.3 Å². The van der Waals surface area contributed by atoms with Gasteiger partial charge < -0.3 is 15.0 Å². The predicted molar refractivity (Wildman–Crippen MR) is 95.3 cm³/mol. The first-order valence-corrected chi connectivity index (χ1v) is 8.50. The maximum Gasteiger partial charge on any atom is 0.419 e. The Balaban J connectivity index is 2.00. The lowest BCUT2D eigenvalue weighted by Gasteiger charge is -2.18. The van der Waals surface area contributed by atoms with Gasteiger partial charge in [0.05, 0.1) is 23.6 Å². The molecule has 0 amide bonds. The van der Waals surface area contributed by atoms with Crippen LogP contribution in [-0.2, 0) is 6.18 Å². The highest BCUT2D eigenvalue weighted by Crippen LogP contribution is 2.39. The molecule has 2 aromatic heterocycles. The molecule has 0 saturated heterocycles. The number of anilines is 1. The molecule has 3 rings (SSSR count). The average molecular weight is 393 g/mol. The molecule has 148 valence electrons. The number of aromatic nitrogens is 4. The SMILES string of the molecule is CC[C@H](C)Oc1ccc(-c2nc(-c3nc(C)cnc3N)no2)cc1C(F)(F)F. The van der Waals surface area contributed by atoms with E-state index in [0.29, 0.717) is 12.1 Å². The molecule has 0 fully saturated rings. The van der Waals surface area contributed by atoms with Gasteiger partial charge in [-0.15, -0.1) is 0 Å². The molecule has 0 saturated carbocycles. The van der Waals surface area contributed by atoms with Gasteiger partial charge in [0, 0.05) is 5.56 Å². The zero-order valence-electron chi connectivity index (χ0n) is 15.4. The van der Waals surface area contributed by atoms with Gasteiger partial charge in [0.2, 0.25) is 5.82 Å². The van der Waals surface area contributed by atoms with Crippen LogP contribution in [0.25, 0.3) is 23.0 Å². The first-order valence-electron chi connectivity index (χ1n) is 8.50. The highest BCUT2D eigenvalue weighted by Gasteiger charge is 2.35. The predicted octanol–water partition coefficient (Wildman–Crippen LogP) is 4.28. The second-order valence-corrected chi connectivity index (χ2v) is 6.21. The van der Waals surface area contributed by atoms with E-state index >= 15 is 0 Å². The lowest BCUT2D eigenvalue weighted by molar-refractivity contribution is -0.139. The van der Waals surface area contributed by atoms with Gasteiger partial charge in [-0.05, 0) is 38.5 Å². The van der Waals surface area contributed by atoms with Crippen LogP contribution in [0.15, 0.2) is 28.9 Å². The van der Waals surface area contributed by atoms with Crippen molar-refractivity contribution in [3.8, 4) is 28.7 Å². The largest absolute Gasteiger partial charge is 0.490 e. The van der Waals surface area contributed by atoms with Crippen LogP contribution in [0.3, 0.4) is 0 Å². The number of halogens is 3. The maximum atomic E-state index is 13.5. The van der Waals surface area contributed by atoms with Crippen LogP contribution in [0.1, 0.15) is 31.5 Å². The van der Waals surface area contributed by atoms with Crippen LogP contribution in [0.4, 0.5) is 19.0 Å². The van der Waals surface area contributed by atoms with Crippen molar-refractivity contribution in [1.82, 2.24) is 20.1 Å². The molecule has 0 aliphatic heterocycles. The van der Waals surface area contributed by atoms with Crippen LogP contribution in [0.2, 0.25) is 0 Å². The molecular formula is C18H18F3N5O2. The van der Waals surface area contributed by atoms with Gasteiger partial charge >= 0.3 is 6.18 Å². The zero-order chi connectivity index (χ0) is 20.5. The summed E-state index contributed by atoms with van der Waals surface area (Å²) in [6, 6.07) is 3.59. The van der Waals surface area contributed by atoms with Gasteiger partial charge in [-0.1, -0.05) is 12.1 Å². The van der Waals surface area contributed by atoms with E-state index in [1.54, 1.807) is 13.8 Å². The Morgan fingerprint density at radius 2 is 2.00 bits per heavy atom. The summed E-state index contributed by atoms with van der Waals surface area (Å²) in [5, 5.41) is 3.76. The van der Waals surface area contributed by atoms with Crippen LogP contribution >= 0.6 is 0 Å². The van der Waals surface area contributed by atoms with Gasteiger partial charge in [-0.2, -0.15) is 18.2 Å². The number of rotatable bonds is 5. The number of alkyl halides is 3. The van der Waals surface area contributed by atoms with E-state index in [0.717, 1.165) is 6.07 Å². The number of nitrogens with two attached hydrogens (primary N) is 1. The van der Waals surface area contributed by atoms with Crippen molar-refractivity contribution in [2.24, 2.45) is 0 Å². The Hall–Kier alpha value is -3.17. The van der Waals surface area contributed by atoms with Crippen molar-refractivity contribution in [3.05, 3.63) is 35.7 Å². The monoisotopic (exact) mass is 393 g/mol. The molecule has 3 aromatic rings. The van der Waals surface area contributed by atoms with E-state index < -0.39 is 11.7 Å². The molecule has 28 heavy (non-hydrogen) atoms. The Bertz CT molecular complexity index is 988. The topological polar surface area (TPSA) is 100.0 Å². The average Bonchev–Trinajstić information content (AvgIpc) is 3.13. The Morgan fingerprint density at radius 3 is 2.68 bits per heavy atom. The van der Waals surface area contributed by atoms with Crippen LogP contribution in [0, 0.1) is 6.92 Å². The van der Waals surface area contributed by atoms with Crippen molar-refractivity contribution >= 4 is 5.82 Å². The van der Waals surface area contributed by atoms with E-state index in [4.69, 9.17) is 15.0 Å². The molecule has 1 atom stereocenters. The first kappa shape index (κ1) is 19.6. The third-order valence-corrected chi connectivity index (χ3v) is 3.99. The van der Waals surface area contributed by atoms with Gasteiger partial charge in [-0.25, -0.2) is 9.97 Å². The molecule has 0 unspecified atom stereocenters. The highest BCUT2D eigenvalue weighted by atomic mass is 19.4. The fraction of sp³-hybridized carbons (Fsp3) is 0.333. The Labute approximate surface area is 158 Å². The number of aryl methyl sites for hydroxylation is 1. The van der Waals surface area contributed by atoms with Crippen LogP contribution < -0.4 is 10.5 Å². The van der Waals surface area contributed by atoms with E-state index in [1.807, 2.05) is 6.92 Å². The van der Waals surface area contributed by atoms with Crippen LogP contribution in [-0.4, -0.2) is 26.2 Å². The summed E-state index contributed by atoms with van der Waals surface area (Å²) in [5.74, 6) is -0.221. The lowest BCUT2D eigenvalue weighted by Crippen LogP contribution is -2.15. The molecule has 10 heteroatoms. The molecule has 0 aliphatic carbocycles. The third-order valence-electron chi connectivity index (χ3n) is 3.99. The molecule has 7 nitrogen and oxygen atoms in total.